The van der Waals surface area contributed by atoms with E-state index in [0.29, 0.717) is 6.04 Å². The van der Waals surface area contributed by atoms with Crippen molar-refractivity contribution in [2.75, 3.05) is 30.9 Å². The number of hydrogen-bond acceptors (Lipinski definition) is 5. The Balaban J connectivity index is 2.69. The van der Waals surface area contributed by atoms with Crippen LogP contribution in [0, 0.1) is 6.92 Å². The molecule has 0 fully saturated rings. The molecule has 0 saturated heterocycles. The van der Waals surface area contributed by atoms with Crippen LogP contribution >= 0.6 is 11.8 Å². The molecule has 4 nitrogen and oxygen atoms in total. The van der Waals surface area contributed by atoms with Crippen molar-refractivity contribution in [3.63, 3.8) is 0 Å². The Bertz CT molecular complexity index is 384. The van der Waals surface area contributed by atoms with Gasteiger partial charge in [-0.05, 0) is 33.6 Å². The number of nitrogens with zero attached hydrogens (tertiary/aromatic N) is 3. The third kappa shape index (κ3) is 5.78. The average molecular weight is 282 g/mol. The minimum Gasteiger partial charge on any atom is -0.370 e. The zero-order valence-electron chi connectivity index (χ0n) is 12.7. The van der Waals surface area contributed by atoms with Gasteiger partial charge in [-0.15, -0.1) is 0 Å². The molecule has 1 N–H and O–H groups in total. The lowest BCUT2D eigenvalue weighted by Gasteiger charge is -2.23. The summed E-state index contributed by atoms with van der Waals surface area (Å²) in [6.07, 6.45) is 3.24. The van der Waals surface area contributed by atoms with E-state index in [1.165, 1.54) is 0 Å². The largest absolute Gasteiger partial charge is 0.370 e. The van der Waals surface area contributed by atoms with Crippen molar-refractivity contribution in [2.24, 2.45) is 0 Å². The molecule has 0 radical (unpaired) electrons. The predicted molar refractivity (Wildman–Crippen MR) is 84.9 cm³/mol. The molecule has 5 heteroatoms. The Hall–Kier alpha value is -0.810. The number of aryl methyl sites for hydroxylation is 1. The van der Waals surface area contributed by atoms with Crippen LogP contribution in [0.1, 0.15) is 31.8 Å². The van der Waals surface area contributed by atoms with Gasteiger partial charge < -0.3 is 5.32 Å². The Morgan fingerprint density at radius 1 is 1.42 bits per heavy atom. The normalized spacial score (nSPS) is 12.7. The number of rotatable bonds is 8. The van der Waals surface area contributed by atoms with E-state index < -0.39 is 0 Å². The van der Waals surface area contributed by atoms with Gasteiger partial charge in [0.15, 0.2) is 0 Å². The van der Waals surface area contributed by atoms with E-state index in [-0.39, 0.29) is 0 Å². The molecule has 0 aliphatic rings. The Morgan fingerprint density at radius 3 is 2.79 bits per heavy atom. The second-order valence-electron chi connectivity index (χ2n) is 4.96. The molecule has 0 spiro atoms. The summed E-state index contributed by atoms with van der Waals surface area (Å²) in [5.41, 5.74) is 1.02. The third-order valence-corrected chi connectivity index (χ3v) is 3.82. The maximum Gasteiger partial charge on any atom is 0.144 e. The molecular formula is C14H26N4S. The highest BCUT2D eigenvalue weighted by Crippen LogP contribution is 2.10. The van der Waals surface area contributed by atoms with Gasteiger partial charge >= 0.3 is 0 Å². The molecule has 19 heavy (non-hydrogen) atoms. The minimum absolute atomic E-state index is 0.533. The van der Waals surface area contributed by atoms with Crippen molar-refractivity contribution in [3.05, 3.63) is 17.6 Å². The van der Waals surface area contributed by atoms with Crippen molar-refractivity contribution < 1.29 is 0 Å². The first-order chi connectivity index (χ1) is 9.06. The van der Waals surface area contributed by atoms with Crippen LogP contribution in [0.4, 0.5) is 5.82 Å². The van der Waals surface area contributed by atoms with Crippen molar-refractivity contribution in [1.29, 1.82) is 0 Å². The first-order valence-electron chi connectivity index (χ1n) is 6.84. The molecule has 1 atom stereocenters. The van der Waals surface area contributed by atoms with Crippen LogP contribution in [0.15, 0.2) is 6.07 Å². The van der Waals surface area contributed by atoms with Gasteiger partial charge in [-0.2, -0.15) is 11.8 Å². The highest BCUT2D eigenvalue weighted by Gasteiger charge is 2.11. The topological polar surface area (TPSA) is 41.1 Å². The Kier molecular flexibility index (Phi) is 7.16. The van der Waals surface area contributed by atoms with Crippen molar-refractivity contribution >= 4 is 17.6 Å². The van der Waals surface area contributed by atoms with Gasteiger partial charge in [-0.3, -0.25) is 4.90 Å². The summed E-state index contributed by atoms with van der Waals surface area (Å²) >= 11 is 1.87. The van der Waals surface area contributed by atoms with Crippen LogP contribution in [0.5, 0.6) is 0 Å². The summed E-state index contributed by atoms with van der Waals surface area (Å²) < 4.78 is 0. The van der Waals surface area contributed by atoms with Gasteiger partial charge in [-0.25, -0.2) is 9.97 Å². The lowest BCUT2D eigenvalue weighted by Crippen LogP contribution is -2.31. The van der Waals surface area contributed by atoms with Crippen LogP contribution in [-0.2, 0) is 6.54 Å². The van der Waals surface area contributed by atoms with Gasteiger partial charge in [0.2, 0.25) is 0 Å². The second-order valence-corrected chi connectivity index (χ2v) is 5.87. The van der Waals surface area contributed by atoms with Gasteiger partial charge in [0.1, 0.15) is 11.6 Å². The summed E-state index contributed by atoms with van der Waals surface area (Å²) in [4.78, 5) is 11.4. The van der Waals surface area contributed by atoms with Gasteiger partial charge in [0, 0.05) is 30.1 Å². The van der Waals surface area contributed by atoms with E-state index in [1.807, 2.05) is 24.8 Å². The van der Waals surface area contributed by atoms with Crippen LogP contribution in [-0.4, -0.2) is 46.5 Å². The number of anilines is 1. The van der Waals surface area contributed by atoms with E-state index in [1.54, 1.807) is 0 Å². The van der Waals surface area contributed by atoms with E-state index in [2.05, 4.69) is 47.3 Å². The van der Waals surface area contributed by atoms with Crippen LogP contribution in [0.25, 0.3) is 0 Å². The standard InChI is InChI=1S/C14H26N4S/c1-6-7-15-13-8-11(2)16-14(17-13)9-18(4)12(3)10-19-5/h8,12H,6-7,9-10H2,1-5H3,(H,15,16,17). The number of thioether (sulfide) groups is 1. The highest BCUT2D eigenvalue weighted by molar-refractivity contribution is 7.98. The van der Waals surface area contributed by atoms with E-state index >= 15 is 0 Å². The summed E-state index contributed by atoms with van der Waals surface area (Å²) in [7, 11) is 2.13. The Morgan fingerprint density at radius 2 is 2.16 bits per heavy atom. The zero-order chi connectivity index (χ0) is 14.3. The molecule has 1 unspecified atom stereocenters. The van der Waals surface area contributed by atoms with Crippen molar-refractivity contribution in [1.82, 2.24) is 14.9 Å². The summed E-state index contributed by atoms with van der Waals surface area (Å²) in [6.45, 7) is 8.16. The molecule has 0 aliphatic carbocycles. The fourth-order valence-electron chi connectivity index (χ4n) is 1.79. The lowest BCUT2D eigenvalue weighted by atomic mass is 10.3. The first-order valence-corrected chi connectivity index (χ1v) is 8.23. The second kappa shape index (κ2) is 8.38. The average Bonchev–Trinajstić information content (AvgIpc) is 2.36. The first kappa shape index (κ1) is 16.2. The fraction of sp³-hybridized carbons (Fsp3) is 0.714. The maximum absolute atomic E-state index is 4.58. The molecule has 0 bridgehead atoms. The Labute approximate surface area is 121 Å². The number of hydrogen-bond donors (Lipinski definition) is 1. The fourth-order valence-corrected chi connectivity index (χ4v) is 2.53. The quantitative estimate of drug-likeness (QED) is 0.794. The van der Waals surface area contributed by atoms with Crippen LogP contribution < -0.4 is 5.32 Å². The molecule has 0 amide bonds. The van der Waals surface area contributed by atoms with E-state index in [9.17, 15) is 0 Å². The predicted octanol–water partition coefficient (Wildman–Crippen LogP) is 2.79. The molecule has 0 aromatic carbocycles. The van der Waals surface area contributed by atoms with Crippen molar-refractivity contribution in [3.8, 4) is 0 Å². The van der Waals surface area contributed by atoms with E-state index in [4.69, 9.17) is 0 Å². The molecular weight excluding hydrogens is 256 g/mol. The van der Waals surface area contributed by atoms with E-state index in [0.717, 1.165) is 42.6 Å². The molecule has 1 aromatic rings. The SMILES string of the molecule is CCCNc1cc(C)nc(CN(C)C(C)CSC)n1. The monoisotopic (exact) mass is 282 g/mol. The summed E-state index contributed by atoms with van der Waals surface area (Å²) in [5, 5.41) is 3.33. The smallest absolute Gasteiger partial charge is 0.144 e. The summed E-state index contributed by atoms with van der Waals surface area (Å²) in [5.74, 6) is 2.97. The third-order valence-electron chi connectivity index (χ3n) is 3.01. The highest BCUT2D eigenvalue weighted by atomic mass is 32.2. The molecule has 108 valence electrons. The number of aromatic nitrogens is 2. The lowest BCUT2D eigenvalue weighted by molar-refractivity contribution is 0.263. The van der Waals surface area contributed by atoms with Crippen molar-refractivity contribution in [2.45, 2.75) is 39.8 Å². The molecule has 1 rings (SSSR count). The zero-order valence-corrected chi connectivity index (χ0v) is 13.5. The van der Waals surface area contributed by atoms with Gasteiger partial charge in [-0.1, -0.05) is 6.92 Å². The molecule has 0 aliphatic heterocycles. The number of nitrogens with one attached hydrogen (secondary N) is 1. The molecule has 1 aromatic heterocycles. The van der Waals surface area contributed by atoms with Crippen LogP contribution in [0.3, 0.4) is 0 Å². The van der Waals surface area contributed by atoms with Gasteiger partial charge in [0.05, 0.1) is 6.54 Å². The molecule has 1 heterocycles. The maximum atomic E-state index is 4.58. The van der Waals surface area contributed by atoms with Gasteiger partial charge in [0.25, 0.3) is 0 Å². The van der Waals surface area contributed by atoms with Crippen LogP contribution in [0.2, 0.25) is 0 Å². The molecule has 0 saturated carbocycles. The minimum atomic E-state index is 0.533. The summed E-state index contributed by atoms with van der Waals surface area (Å²) in [6, 6.07) is 2.54.